The molecule has 0 aromatic heterocycles. The van der Waals surface area contributed by atoms with Gasteiger partial charge in [-0.2, -0.15) is 0 Å². The van der Waals surface area contributed by atoms with E-state index in [-0.39, 0.29) is 23.8 Å². The Balaban J connectivity index is 1.45. The van der Waals surface area contributed by atoms with Crippen molar-refractivity contribution in [3.8, 4) is 5.75 Å². The number of benzene rings is 3. The standard InChI is InChI=1S/C29H32FN3O3/c1-36-27-13-9-23(10-14-27)21-33(29(35)24-5-4-6-25(30)20-24)26-11-7-22(8-12-26)19-28(34)31-15-18-32-16-2-3-17-32/h4-14,20H,2-3,15-19,21H2,1H3,(H,31,34). The number of amides is 2. The summed E-state index contributed by atoms with van der Waals surface area (Å²) >= 11 is 0. The predicted molar refractivity (Wildman–Crippen MR) is 139 cm³/mol. The molecule has 3 aromatic carbocycles. The zero-order valence-electron chi connectivity index (χ0n) is 20.6. The lowest BCUT2D eigenvalue weighted by Gasteiger charge is -2.24. The molecule has 188 valence electrons. The molecule has 7 heteroatoms. The summed E-state index contributed by atoms with van der Waals surface area (Å²) in [4.78, 5) is 29.7. The summed E-state index contributed by atoms with van der Waals surface area (Å²) in [6, 6.07) is 20.5. The van der Waals surface area contributed by atoms with Crippen LogP contribution in [0.5, 0.6) is 5.75 Å². The molecule has 1 saturated heterocycles. The second-order valence-electron chi connectivity index (χ2n) is 8.99. The molecule has 0 radical (unpaired) electrons. The number of halogens is 1. The maximum Gasteiger partial charge on any atom is 0.258 e. The second kappa shape index (κ2) is 12.3. The van der Waals surface area contributed by atoms with Gasteiger partial charge in [0.25, 0.3) is 5.91 Å². The van der Waals surface area contributed by atoms with E-state index < -0.39 is 5.82 Å². The number of rotatable bonds is 10. The van der Waals surface area contributed by atoms with E-state index in [1.807, 2.05) is 48.5 Å². The minimum atomic E-state index is -0.462. The van der Waals surface area contributed by atoms with E-state index in [4.69, 9.17) is 4.74 Å². The first-order valence-electron chi connectivity index (χ1n) is 12.3. The lowest BCUT2D eigenvalue weighted by Crippen LogP contribution is -2.34. The summed E-state index contributed by atoms with van der Waals surface area (Å²) < 4.78 is 19.1. The Kier molecular flexibility index (Phi) is 8.68. The van der Waals surface area contributed by atoms with Crippen molar-refractivity contribution in [2.45, 2.75) is 25.8 Å². The number of carbonyl (C=O) groups is 2. The van der Waals surface area contributed by atoms with Gasteiger partial charge in [-0.1, -0.05) is 30.3 Å². The van der Waals surface area contributed by atoms with Crippen LogP contribution >= 0.6 is 0 Å². The van der Waals surface area contributed by atoms with Crippen LogP contribution in [0.3, 0.4) is 0 Å². The topological polar surface area (TPSA) is 61.9 Å². The molecule has 0 bridgehead atoms. The molecule has 3 aromatic rings. The Hall–Kier alpha value is -3.71. The minimum absolute atomic E-state index is 0.0205. The van der Waals surface area contributed by atoms with Gasteiger partial charge in [0.2, 0.25) is 5.91 Å². The number of carbonyl (C=O) groups excluding carboxylic acids is 2. The van der Waals surface area contributed by atoms with E-state index in [0.29, 0.717) is 18.8 Å². The van der Waals surface area contributed by atoms with Crippen LogP contribution in [0.2, 0.25) is 0 Å². The maximum atomic E-state index is 13.8. The summed E-state index contributed by atoms with van der Waals surface area (Å²) in [6.07, 6.45) is 2.74. The van der Waals surface area contributed by atoms with Gasteiger partial charge in [0.1, 0.15) is 11.6 Å². The Morgan fingerprint density at radius 3 is 2.33 bits per heavy atom. The molecule has 0 aliphatic carbocycles. The smallest absolute Gasteiger partial charge is 0.258 e. The third-order valence-electron chi connectivity index (χ3n) is 6.38. The molecule has 1 fully saturated rings. The number of hydrogen-bond acceptors (Lipinski definition) is 4. The molecule has 0 atom stereocenters. The molecular formula is C29H32FN3O3. The number of nitrogens with one attached hydrogen (secondary N) is 1. The second-order valence-corrected chi connectivity index (χ2v) is 8.99. The van der Waals surface area contributed by atoms with Crippen molar-refractivity contribution >= 4 is 17.5 Å². The maximum absolute atomic E-state index is 13.8. The molecule has 1 heterocycles. The molecule has 0 unspecified atom stereocenters. The zero-order chi connectivity index (χ0) is 25.3. The van der Waals surface area contributed by atoms with Crippen molar-refractivity contribution in [2.75, 3.05) is 38.2 Å². The molecule has 0 spiro atoms. The predicted octanol–water partition coefficient (Wildman–Crippen LogP) is 4.44. The summed E-state index contributed by atoms with van der Waals surface area (Å²) in [7, 11) is 1.60. The van der Waals surface area contributed by atoms with Crippen LogP contribution in [-0.4, -0.2) is 50.0 Å². The van der Waals surface area contributed by atoms with E-state index in [2.05, 4.69) is 10.2 Å². The van der Waals surface area contributed by atoms with Crippen LogP contribution in [0.1, 0.15) is 34.3 Å². The zero-order valence-corrected chi connectivity index (χ0v) is 20.6. The van der Waals surface area contributed by atoms with Crippen LogP contribution in [0.25, 0.3) is 0 Å². The third kappa shape index (κ3) is 6.92. The van der Waals surface area contributed by atoms with E-state index in [1.165, 1.54) is 31.0 Å². The fourth-order valence-corrected chi connectivity index (χ4v) is 4.37. The first-order chi connectivity index (χ1) is 17.5. The Labute approximate surface area is 211 Å². The molecule has 0 saturated carbocycles. The van der Waals surface area contributed by atoms with Crippen LogP contribution in [0.15, 0.2) is 72.8 Å². The molecule has 4 rings (SSSR count). The summed E-state index contributed by atoms with van der Waals surface area (Å²) in [5, 5.41) is 2.99. The molecule has 36 heavy (non-hydrogen) atoms. The molecule has 1 N–H and O–H groups in total. The normalized spacial score (nSPS) is 13.4. The molecule has 1 aliphatic heterocycles. The Morgan fingerprint density at radius 1 is 0.972 bits per heavy atom. The summed E-state index contributed by atoms with van der Waals surface area (Å²) in [6.45, 7) is 4.05. The van der Waals surface area contributed by atoms with Crippen molar-refractivity contribution < 1.29 is 18.7 Å². The number of nitrogens with zero attached hydrogens (tertiary/aromatic N) is 2. The average molecular weight is 490 g/mol. The highest BCUT2D eigenvalue weighted by atomic mass is 19.1. The Morgan fingerprint density at radius 2 is 1.67 bits per heavy atom. The molecule has 1 aliphatic rings. The third-order valence-corrected chi connectivity index (χ3v) is 6.38. The largest absolute Gasteiger partial charge is 0.497 e. The van der Waals surface area contributed by atoms with Gasteiger partial charge in [-0.25, -0.2) is 4.39 Å². The first-order valence-corrected chi connectivity index (χ1v) is 12.3. The van der Waals surface area contributed by atoms with Crippen molar-refractivity contribution in [1.82, 2.24) is 10.2 Å². The van der Waals surface area contributed by atoms with Crippen molar-refractivity contribution in [3.63, 3.8) is 0 Å². The van der Waals surface area contributed by atoms with Crippen molar-refractivity contribution in [3.05, 3.63) is 95.3 Å². The van der Waals surface area contributed by atoms with Crippen LogP contribution in [0, 0.1) is 5.82 Å². The highest BCUT2D eigenvalue weighted by molar-refractivity contribution is 6.06. The summed E-state index contributed by atoms with van der Waals surface area (Å²) in [5.41, 5.74) is 2.70. The lowest BCUT2D eigenvalue weighted by atomic mass is 10.1. The van der Waals surface area contributed by atoms with Gasteiger partial charge in [0.05, 0.1) is 20.1 Å². The highest BCUT2D eigenvalue weighted by Gasteiger charge is 2.19. The Bertz CT molecular complexity index is 1160. The van der Waals surface area contributed by atoms with Crippen LogP contribution in [0.4, 0.5) is 10.1 Å². The molecule has 2 amide bonds. The number of hydrogen-bond donors (Lipinski definition) is 1. The van der Waals surface area contributed by atoms with Crippen molar-refractivity contribution in [1.29, 1.82) is 0 Å². The number of anilines is 1. The fraction of sp³-hybridized carbons (Fsp3) is 0.310. The van der Waals surface area contributed by atoms with Gasteiger partial charge in [-0.15, -0.1) is 0 Å². The van der Waals surface area contributed by atoms with Gasteiger partial charge in [0.15, 0.2) is 0 Å². The first kappa shape index (κ1) is 25.4. The van der Waals surface area contributed by atoms with Gasteiger partial charge >= 0.3 is 0 Å². The van der Waals surface area contributed by atoms with E-state index in [9.17, 15) is 14.0 Å². The molecule has 6 nitrogen and oxygen atoms in total. The molecular weight excluding hydrogens is 457 g/mol. The average Bonchev–Trinajstić information content (AvgIpc) is 3.41. The van der Waals surface area contributed by atoms with Gasteiger partial charge < -0.3 is 19.9 Å². The van der Waals surface area contributed by atoms with Gasteiger partial charge in [-0.3, -0.25) is 9.59 Å². The summed E-state index contributed by atoms with van der Waals surface area (Å²) in [5.74, 6) is -0.0632. The number of likely N-dealkylation sites (tertiary alicyclic amines) is 1. The quantitative estimate of drug-likeness (QED) is 0.458. The minimum Gasteiger partial charge on any atom is -0.497 e. The lowest BCUT2D eigenvalue weighted by molar-refractivity contribution is -0.120. The number of methoxy groups -OCH3 is 1. The van der Waals surface area contributed by atoms with E-state index in [0.717, 1.165) is 36.5 Å². The van der Waals surface area contributed by atoms with Crippen LogP contribution in [-0.2, 0) is 17.8 Å². The highest BCUT2D eigenvalue weighted by Crippen LogP contribution is 2.23. The SMILES string of the molecule is COc1ccc(CN(C(=O)c2cccc(F)c2)c2ccc(CC(=O)NCCN3CCCC3)cc2)cc1. The fourth-order valence-electron chi connectivity index (χ4n) is 4.37. The van der Waals surface area contributed by atoms with E-state index in [1.54, 1.807) is 18.1 Å². The van der Waals surface area contributed by atoms with E-state index >= 15 is 0 Å². The monoisotopic (exact) mass is 489 g/mol. The van der Waals surface area contributed by atoms with Gasteiger partial charge in [-0.05, 0) is 79.5 Å². The van der Waals surface area contributed by atoms with Crippen LogP contribution < -0.4 is 15.0 Å². The van der Waals surface area contributed by atoms with Gasteiger partial charge in [0, 0.05) is 24.3 Å². The van der Waals surface area contributed by atoms with Crippen molar-refractivity contribution in [2.24, 2.45) is 0 Å². The number of ether oxygens (including phenoxy) is 1.